The molecular weight excluding hydrogens is 344 g/mol. The number of hydrogen-bond donors (Lipinski definition) is 0. The van der Waals surface area contributed by atoms with Gasteiger partial charge in [-0.3, -0.25) is 9.59 Å². The average molecular weight is 366 g/mol. The zero-order valence-corrected chi connectivity index (χ0v) is 15.5. The number of furan rings is 1. The fourth-order valence-electron chi connectivity index (χ4n) is 3.73. The van der Waals surface area contributed by atoms with E-state index in [1.807, 2.05) is 0 Å². The van der Waals surface area contributed by atoms with E-state index in [4.69, 9.17) is 8.83 Å². The molecule has 0 saturated carbocycles. The summed E-state index contributed by atoms with van der Waals surface area (Å²) in [7, 11) is 0. The first-order chi connectivity index (χ1) is 13.2. The molecule has 1 aromatic carbocycles. The molecule has 2 aromatic heterocycles. The highest BCUT2D eigenvalue weighted by molar-refractivity contribution is 5.98. The van der Waals surface area contributed by atoms with Crippen molar-refractivity contribution in [2.75, 3.05) is 26.2 Å². The molecule has 1 amide bonds. The number of benzene rings is 1. The molecule has 0 fully saturated rings. The minimum absolute atomic E-state index is 0.125. The van der Waals surface area contributed by atoms with Crippen molar-refractivity contribution < 1.29 is 13.6 Å². The Morgan fingerprint density at radius 3 is 2.56 bits per heavy atom. The highest BCUT2D eigenvalue weighted by Gasteiger charge is 2.43. The Morgan fingerprint density at radius 1 is 1.07 bits per heavy atom. The Labute approximate surface area is 157 Å². The van der Waals surface area contributed by atoms with Crippen molar-refractivity contribution >= 4 is 16.9 Å². The van der Waals surface area contributed by atoms with Gasteiger partial charge in [-0.25, -0.2) is 0 Å². The van der Waals surface area contributed by atoms with Crippen LogP contribution in [0.5, 0.6) is 0 Å². The van der Waals surface area contributed by atoms with Gasteiger partial charge in [-0.15, -0.1) is 0 Å². The monoisotopic (exact) mass is 366 g/mol. The lowest BCUT2D eigenvalue weighted by Gasteiger charge is -2.26. The van der Waals surface area contributed by atoms with Crippen LogP contribution in [0.1, 0.15) is 41.8 Å². The van der Waals surface area contributed by atoms with E-state index < -0.39 is 6.04 Å². The number of likely N-dealkylation sites (N-methyl/N-ethyl adjacent to an activating group) is 1. The fourth-order valence-corrected chi connectivity index (χ4v) is 3.73. The van der Waals surface area contributed by atoms with Crippen molar-refractivity contribution in [2.45, 2.75) is 19.9 Å². The quantitative estimate of drug-likeness (QED) is 0.670. The number of rotatable bonds is 6. The van der Waals surface area contributed by atoms with Gasteiger partial charge < -0.3 is 18.6 Å². The van der Waals surface area contributed by atoms with E-state index in [1.54, 1.807) is 47.6 Å². The molecule has 4 rings (SSSR count). The van der Waals surface area contributed by atoms with Crippen molar-refractivity contribution in [2.24, 2.45) is 0 Å². The van der Waals surface area contributed by atoms with Gasteiger partial charge in [-0.1, -0.05) is 26.0 Å². The van der Waals surface area contributed by atoms with Crippen molar-refractivity contribution in [3.63, 3.8) is 0 Å². The lowest BCUT2D eigenvalue weighted by Crippen LogP contribution is -2.37. The van der Waals surface area contributed by atoms with Crippen LogP contribution in [0.25, 0.3) is 11.0 Å². The number of para-hydroxylation sites is 1. The molecule has 27 heavy (non-hydrogen) atoms. The van der Waals surface area contributed by atoms with E-state index in [0.29, 0.717) is 28.8 Å². The van der Waals surface area contributed by atoms with Crippen molar-refractivity contribution in [3.05, 3.63) is 70.0 Å². The lowest BCUT2D eigenvalue weighted by molar-refractivity contribution is 0.0694. The van der Waals surface area contributed by atoms with Crippen LogP contribution < -0.4 is 5.43 Å². The zero-order chi connectivity index (χ0) is 19.0. The summed E-state index contributed by atoms with van der Waals surface area (Å²) < 4.78 is 11.5. The Morgan fingerprint density at radius 2 is 1.85 bits per heavy atom. The van der Waals surface area contributed by atoms with E-state index in [9.17, 15) is 9.59 Å². The van der Waals surface area contributed by atoms with Gasteiger partial charge in [0.25, 0.3) is 5.91 Å². The Hall–Kier alpha value is -2.86. The third kappa shape index (κ3) is 2.86. The number of carbonyl (C=O) groups is 1. The minimum Gasteiger partial charge on any atom is -0.467 e. The second-order valence-corrected chi connectivity index (χ2v) is 6.61. The summed E-state index contributed by atoms with van der Waals surface area (Å²) in [5.74, 6) is 0.435. The molecule has 0 spiro atoms. The maximum Gasteiger partial charge on any atom is 0.291 e. The van der Waals surface area contributed by atoms with Gasteiger partial charge in [0.05, 0.1) is 17.2 Å². The van der Waals surface area contributed by atoms with Crippen LogP contribution in [-0.4, -0.2) is 41.9 Å². The normalized spacial score (nSPS) is 16.5. The summed E-state index contributed by atoms with van der Waals surface area (Å²) in [5, 5.41) is 0.478. The summed E-state index contributed by atoms with van der Waals surface area (Å²) in [4.78, 5) is 30.2. The van der Waals surface area contributed by atoms with E-state index in [1.165, 1.54) is 0 Å². The van der Waals surface area contributed by atoms with E-state index >= 15 is 0 Å². The number of fused-ring (bicyclic) bond motifs is 2. The molecule has 1 aliphatic rings. The second kappa shape index (κ2) is 7.04. The van der Waals surface area contributed by atoms with E-state index in [2.05, 4.69) is 18.7 Å². The molecule has 3 aromatic rings. The number of hydrogen-bond acceptors (Lipinski definition) is 5. The van der Waals surface area contributed by atoms with Crippen LogP contribution in [0.2, 0.25) is 0 Å². The van der Waals surface area contributed by atoms with Gasteiger partial charge in [0.15, 0.2) is 5.43 Å². The number of carbonyl (C=O) groups excluding carboxylic acids is 1. The predicted octanol–water partition coefficient (Wildman–Crippen LogP) is 3.27. The van der Waals surface area contributed by atoms with Gasteiger partial charge in [0.2, 0.25) is 5.76 Å². The molecule has 0 saturated heterocycles. The first-order valence-corrected chi connectivity index (χ1v) is 9.28. The molecule has 0 radical (unpaired) electrons. The molecule has 6 heteroatoms. The summed E-state index contributed by atoms with van der Waals surface area (Å²) in [5.41, 5.74) is 0.624. The maximum atomic E-state index is 13.2. The van der Waals surface area contributed by atoms with Crippen LogP contribution in [0.4, 0.5) is 0 Å². The van der Waals surface area contributed by atoms with E-state index in [-0.39, 0.29) is 17.1 Å². The van der Waals surface area contributed by atoms with Crippen LogP contribution in [0.15, 0.2) is 56.3 Å². The molecule has 140 valence electrons. The first-order valence-electron chi connectivity index (χ1n) is 9.28. The van der Waals surface area contributed by atoms with Gasteiger partial charge in [-0.2, -0.15) is 0 Å². The molecule has 1 atom stereocenters. The first kappa shape index (κ1) is 17.5. The van der Waals surface area contributed by atoms with Gasteiger partial charge in [-0.05, 0) is 37.4 Å². The van der Waals surface area contributed by atoms with Gasteiger partial charge in [0, 0.05) is 13.1 Å². The second-order valence-electron chi connectivity index (χ2n) is 6.61. The zero-order valence-electron chi connectivity index (χ0n) is 15.5. The Bertz CT molecular complexity index is 1020. The van der Waals surface area contributed by atoms with Gasteiger partial charge >= 0.3 is 0 Å². The van der Waals surface area contributed by atoms with Crippen LogP contribution in [0.3, 0.4) is 0 Å². The summed E-state index contributed by atoms with van der Waals surface area (Å²) in [6.07, 6.45) is 1.56. The van der Waals surface area contributed by atoms with Gasteiger partial charge in [0.1, 0.15) is 17.4 Å². The van der Waals surface area contributed by atoms with Crippen LogP contribution >= 0.6 is 0 Å². The highest BCUT2D eigenvalue weighted by Crippen LogP contribution is 2.38. The van der Waals surface area contributed by atoms with Crippen molar-refractivity contribution in [1.82, 2.24) is 9.80 Å². The van der Waals surface area contributed by atoms with Crippen LogP contribution in [-0.2, 0) is 0 Å². The number of nitrogens with zero attached hydrogens (tertiary/aromatic N) is 2. The molecule has 0 aliphatic carbocycles. The molecular formula is C21H22N2O4. The molecule has 6 nitrogen and oxygen atoms in total. The number of amides is 1. The minimum atomic E-state index is -0.557. The molecule has 1 unspecified atom stereocenters. The highest BCUT2D eigenvalue weighted by atomic mass is 16.4. The fraction of sp³-hybridized carbons (Fsp3) is 0.333. The topological polar surface area (TPSA) is 66.9 Å². The van der Waals surface area contributed by atoms with Crippen LogP contribution in [0, 0.1) is 0 Å². The SMILES string of the molecule is CCN(CC)CCN1C(=O)c2oc3ccccc3c(=O)c2C1c1ccco1. The molecule has 0 bridgehead atoms. The largest absolute Gasteiger partial charge is 0.467 e. The smallest absolute Gasteiger partial charge is 0.291 e. The summed E-state index contributed by atoms with van der Waals surface area (Å²) >= 11 is 0. The van der Waals surface area contributed by atoms with Crippen molar-refractivity contribution in [1.29, 1.82) is 0 Å². The third-order valence-corrected chi connectivity index (χ3v) is 5.24. The molecule has 0 N–H and O–H groups in total. The average Bonchev–Trinajstić information content (AvgIpc) is 3.30. The summed E-state index contributed by atoms with van der Waals surface area (Å²) in [6, 6.07) is 10.0. The van der Waals surface area contributed by atoms with Crippen molar-refractivity contribution in [3.8, 4) is 0 Å². The van der Waals surface area contributed by atoms with E-state index in [0.717, 1.165) is 19.6 Å². The summed E-state index contributed by atoms with van der Waals surface area (Å²) in [6.45, 7) is 7.19. The standard InChI is InChI=1S/C21H22N2O4/c1-3-22(4-2)11-12-23-18(16-10-7-13-26-16)17-19(24)14-8-5-6-9-15(14)27-20(17)21(23)25/h5-10,13,18H,3-4,11-12H2,1-2H3. The third-order valence-electron chi connectivity index (χ3n) is 5.24. The maximum absolute atomic E-state index is 13.2. The predicted molar refractivity (Wildman–Crippen MR) is 102 cm³/mol. The molecule has 1 aliphatic heterocycles. The molecule has 3 heterocycles. The Kier molecular flexibility index (Phi) is 4.58. The lowest BCUT2D eigenvalue weighted by atomic mass is 10.0. The Balaban J connectivity index is 1.83.